The minimum Gasteiger partial charge on any atom is -0.378 e. The van der Waals surface area contributed by atoms with Gasteiger partial charge in [-0.3, -0.25) is 4.79 Å². The second kappa shape index (κ2) is 6.25. The lowest BCUT2D eigenvalue weighted by Gasteiger charge is -2.17. The van der Waals surface area contributed by atoms with Crippen molar-refractivity contribution in [3.05, 3.63) is 29.8 Å². The van der Waals surface area contributed by atoms with Crippen LogP contribution in [0.5, 0.6) is 0 Å². The fourth-order valence-electron chi connectivity index (χ4n) is 1.64. The minimum atomic E-state index is -0.397. The van der Waals surface area contributed by atoms with Crippen molar-refractivity contribution >= 4 is 11.6 Å². The number of nitrogens with one attached hydrogen (secondary N) is 1. The number of benzene rings is 1. The summed E-state index contributed by atoms with van der Waals surface area (Å²) in [7, 11) is 3.96. The maximum atomic E-state index is 11.4. The Morgan fingerprint density at radius 1 is 1.35 bits per heavy atom. The number of carbonyl (C=O) groups excluding carboxylic acids is 1. The quantitative estimate of drug-likeness (QED) is 0.781. The summed E-state index contributed by atoms with van der Waals surface area (Å²) < 4.78 is 0. The molecule has 1 unspecified atom stereocenters. The molecule has 0 aliphatic carbocycles. The van der Waals surface area contributed by atoms with Crippen LogP contribution in [-0.2, 0) is 4.79 Å². The summed E-state index contributed by atoms with van der Waals surface area (Å²) in [5.74, 6) is -0.337. The Kier molecular flexibility index (Phi) is 4.97. The average molecular weight is 235 g/mol. The Balaban J connectivity index is 2.83. The molecule has 4 nitrogen and oxygen atoms in total. The van der Waals surface area contributed by atoms with Gasteiger partial charge in [0.25, 0.3) is 0 Å². The smallest absolute Gasteiger partial charge is 0.239 e. The molecule has 1 aromatic rings. The van der Waals surface area contributed by atoms with Gasteiger partial charge in [0.2, 0.25) is 5.91 Å². The minimum absolute atomic E-state index is 0.337. The first-order chi connectivity index (χ1) is 8.06. The molecule has 3 N–H and O–H groups in total. The first kappa shape index (κ1) is 13.5. The van der Waals surface area contributed by atoms with Crippen LogP contribution in [0, 0.1) is 0 Å². The molecule has 0 saturated heterocycles. The molecule has 0 aliphatic rings. The second-order valence-electron chi connectivity index (χ2n) is 4.28. The van der Waals surface area contributed by atoms with Crippen molar-refractivity contribution in [3.63, 3.8) is 0 Å². The molecule has 1 atom stereocenters. The Hall–Kier alpha value is -1.55. The van der Waals surface area contributed by atoms with E-state index >= 15 is 0 Å². The van der Waals surface area contributed by atoms with Crippen LogP contribution in [0.4, 0.5) is 5.69 Å². The van der Waals surface area contributed by atoms with Gasteiger partial charge in [-0.2, -0.15) is 0 Å². The van der Waals surface area contributed by atoms with Crippen LogP contribution in [0.2, 0.25) is 0 Å². The summed E-state index contributed by atoms with van der Waals surface area (Å²) in [5.41, 5.74) is 7.41. The number of hydrogen-bond donors (Lipinski definition) is 2. The molecule has 1 amide bonds. The topological polar surface area (TPSA) is 58.4 Å². The molecular weight excluding hydrogens is 214 g/mol. The van der Waals surface area contributed by atoms with Gasteiger partial charge in [-0.05, 0) is 30.7 Å². The van der Waals surface area contributed by atoms with E-state index in [0.717, 1.165) is 24.2 Å². The summed E-state index contributed by atoms with van der Waals surface area (Å²) in [4.78, 5) is 13.4. The Morgan fingerprint density at radius 3 is 2.35 bits per heavy atom. The fraction of sp³-hybridized carbons (Fsp3) is 0.462. The van der Waals surface area contributed by atoms with Crippen molar-refractivity contribution in [1.82, 2.24) is 5.32 Å². The number of rotatable bonds is 6. The van der Waals surface area contributed by atoms with Gasteiger partial charge >= 0.3 is 0 Å². The van der Waals surface area contributed by atoms with Crippen LogP contribution in [-0.4, -0.2) is 26.5 Å². The van der Waals surface area contributed by atoms with Gasteiger partial charge < -0.3 is 16.0 Å². The highest BCUT2D eigenvalue weighted by molar-refractivity contribution is 5.81. The van der Waals surface area contributed by atoms with Crippen LogP contribution >= 0.6 is 0 Å². The molecule has 1 aromatic carbocycles. The molecule has 0 aliphatic heterocycles. The van der Waals surface area contributed by atoms with Crippen LogP contribution in [0.25, 0.3) is 0 Å². The predicted molar refractivity (Wildman–Crippen MR) is 71.0 cm³/mol. The highest BCUT2D eigenvalue weighted by Gasteiger charge is 2.16. The molecular formula is C13H21N3O. The second-order valence-corrected chi connectivity index (χ2v) is 4.28. The molecule has 4 heteroatoms. The predicted octanol–water partition coefficient (Wildman–Crippen LogP) is 1.28. The van der Waals surface area contributed by atoms with Gasteiger partial charge in [0.1, 0.15) is 6.04 Å². The lowest BCUT2D eigenvalue weighted by Crippen LogP contribution is -2.34. The summed E-state index contributed by atoms with van der Waals surface area (Å²) in [5, 5.41) is 3.15. The highest BCUT2D eigenvalue weighted by Crippen LogP contribution is 2.17. The number of nitrogens with two attached hydrogens (primary N) is 1. The largest absolute Gasteiger partial charge is 0.378 e. The zero-order chi connectivity index (χ0) is 12.8. The molecule has 0 radical (unpaired) electrons. The zero-order valence-electron chi connectivity index (χ0n) is 10.7. The van der Waals surface area contributed by atoms with E-state index in [2.05, 4.69) is 12.2 Å². The van der Waals surface area contributed by atoms with Gasteiger partial charge in [-0.15, -0.1) is 0 Å². The van der Waals surface area contributed by atoms with E-state index in [-0.39, 0.29) is 5.91 Å². The first-order valence-corrected chi connectivity index (χ1v) is 5.86. The van der Waals surface area contributed by atoms with Crippen molar-refractivity contribution in [2.45, 2.75) is 19.4 Å². The number of amides is 1. The van der Waals surface area contributed by atoms with E-state index < -0.39 is 6.04 Å². The molecule has 0 heterocycles. The number of primary amides is 1. The molecule has 0 bridgehead atoms. The number of anilines is 1. The van der Waals surface area contributed by atoms with Gasteiger partial charge in [-0.1, -0.05) is 19.1 Å². The first-order valence-electron chi connectivity index (χ1n) is 5.86. The van der Waals surface area contributed by atoms with Crippen LogP contribution in [0.3, 0.4) is 0 Å². The van der Waals surface area contributed by atoms with Crippen molar-refractivity contribution in [2.75, 3.05) is 25.5 Å². The maximum Gasteiger partial charge on any atom is 0.239 e. The monoisotopic (exact) mass is 235 g/mol. The van der Waals surface area contributed by atoms with Crippen LogP contribution in [0.1, 0.15) is 24.9 Å². The third-order valence-corrected chi connectivity index (χ3v) is 2.63. The Bertz CT molecular complexity index is 359. The van der Waals surface area contributed by atoms with Crippen LogP contribution in [0.15, 0.2) is 24.3 Å². The van der Waals surface area contributed by atoms with E-state index in [1.807, 2.05) is 43.3 Å². The molecule has 0 spiro atoms. The van der Waals surface area contributed by atoms with Crippen molar-refractivity contribution < 1.29 is 4.79 Å². The van der Waals surface area contributed by atoms with Crippen LogP contribution < -0.4 is 16.0 Å². The van der Waals surface area contributed by atoms with E-state index in [4.69, 9.17) is 5.73 Å². The van der Waals surface area contributed by atoms with Crippen molar-refractivity contribution in [2.24, 2.45) is 5.73 Å². The van der Waals surface area contributed by atoms with Crippen molar-refractivity contribution in [1.29, 1.82) is 0 Å². The van der Waals surface area contributed by atoms with E-state index in [1.165, 1.54) is 0 Å². The number of hydrogen-bond acceptors (Lipinski definition) is 3. The number of nitrogens with zero attached hydrogens (tertiary/aromatic N) is 1. The molecule has 0 saturated carbocycles. The van der Waals surface area contributed by atoms with E-state index in [0.29, 0.717) is 0 Å². The molecule has 17 heavy (non-hydrogen) atoms. The maximum absolute atomic E-state index is 11.4. The van der Waals surface area contributed by atoms with Crippen molar-refractivity contribution in [3.8, 4) is 0 Å². The SMILES string of the molecule is CCCNC(C(N)=O)c1ccc(N(C)C)cc1. The summed E-state index contributed by atoms with van der Waals surface area (Å²) in [6.07, 6.45) is 0.972. The lowest BCUT2D eigenvalue weighted by molar-refractivity contribution is -0.120. The Morgan fingerprint density at radius 2 is 1.94 bits per heavy atom. The third kappa shape index (κ3) is 3.75. The van der Waals surface area contributed by atoms with E-state index in [1.54, 1.807) is 0 Å². The number of carbonyl (C=O) groups is 1. The molecule has 94 valence electrons. The van der Waals surface area contributed by atoms with Gasteiger partial charge in [0.15, 0.2) is 0 Å². The highest BCUT2D eigenvalue weighted by atomic mass is 16.1. The van der Waals surface area contributed by atoms with E-state index in [9.17, 15) is 4.79 Å². The summed E-state index contributed by atoms with van der Waals surface area (Å²) in [6, 6.07) is 7.45. The Labute approximate surface area is 103 Å². The average Bonchev–Trinajstić information content (AvgIpc) is 2.29. The lowest BCUT2D eigenvalue weighted by atomic mass is 10.1. The van der Waals surface area contributed by atoms with Gasteiger partial charge in [0.05, 0.1) is 0 Å². The molecule has 1 rings (SSSR count). The molecule has 0 fully saturated rings. The fourth-order valence-corrected chi connectivity index (χ4v) is 1.64. The third-order valence-electron chi connectivity index (χ3n) is 2.63. The standard InChI is InChI=1S/C13H21N3O/c1-4-9-15-12(13(14)17)10-5-7-11(8-6-10)16(2)3/h5-8,12,15H,4,9H2,1-3H3,(H2,14,17). The normalized spacial score (nSPS) is 12.2. The summed E-state index contributed by atoms with van der Waals surface area (Å²) in [6.45, 7) is 2.84. The van der Waals surface area contributed by atoms with Gasteiger partial charge in [0, 0.05) is 19.8 Å². The van der Waals surface area contributed by atoms with Gasteiger partial charge in [-0.25, -0.2) is 0 Å². The summed E-state index contributed by atoms with van der Waals surface area (Å²) >= 11 is 0. The molecule has 0 aromatic heterocycles. The zero-order valence-corrected chi connectivity index (χ0v) is 10.7.